The van der Waals surface area contributed by atoms with Gasteiger partial charge in [-0.05, 0) is 37.9 Å². The lowest BCUT2D eigenvalue weighted by Gasteiger charge is -2.23. The van der Waals surface area contributed by atoms with E-state index < -0.39 is 0 Å². The van der Waals surface area contributed by atoms with Gasteiger partial charge in [-0.2, -0.15) is 0 Å². The predicted octanol–water partition coefficient (Wildman–Crippen LogP) is 3.80. The standard InChI is InChI=1S/C18H27N3/c1-5-9-19-17(13-21-11-10-20-18(21)6-2)16-12-14(3)7-8-15(16)4/h7-8,10-12,17,19H,5-6,9,13H2,1-4H3. The van der Waals surface area contributed by atoms with E-state index in [2.05, 4.69) is 67.0 Å². The van der Waals surface area contributed by atoms with Crippen molar-refractivity contribution in [2.24, 2.45) is 0 Å². The zero-order valence-electron chi connectivity index (χ0n) is 13.7. The van der Waals surface area contributed by atoms with Gasteiger partial charge in [0.1, 0.15) is 5.82 Å². The van der Waals surface area contributed by atoms with Crippen LogP contribution in [0.2, 0.25) is 0 Å². The first-order chi connectivity index (χ1) is 10.2. The average molecular weight is 285 g/mol. The third-order valence-electron chi connectivity index (χ3n) is 3.95. The van der Waals surface area contributed by atoms with Crippen LogP contribution in [0.25, 0.3) is 0 Å². The van der Waals surface area contributed by atoms with E-state index in [1.165, 1.54) is 16.7 Å². The molecule has 3 nitrogen and oxygen atoms in total. The number of aryl methyl sites for hydroxylation is 3. The minimum atomic E-state index is 0.337. The summed E-state index contributed by atoms with van der Waals surface area (Å²) in [6.45, 7) is 10.7. The van der Waals surface area contributed by atoms with Gasteiger partial charge in [0.2, 0.25) is 0 Å². The molecule has 0 saturated heterocycles. The van der Waals surface area contributed by atoms with Crippen molar-refractivity contribution in [3.63, 3.8) is 0 Å². The molecule has 0 aliphatic heterocycles. The smallest absolute Gasteiger partial charge is 0.108 e. The van der Waals surface area contributed by atoms with Crippen LogP contribution in [0.3, 0.4) is 0 Å². The lowest BCUT2D eigenvalue weighted by atomic mass is 9.98. The maximum atomic E-state index is 4.44. The molecule has 3 heteroatoms. The molecule has 0 radical (unpaired) electrons. The molecule has 1 N–H and O–H groups in total. The second-order valence-electron chi connectivity index (χ2n) is 5.72. The highest BCUT2D eigenvalue weighted by Crippen LogP contribution is 2.21. The molecule has 0 fully saturated rings. The number of aromatic nitrogens is 2. The summed E-state index contributed by atoms with van der Waals surface area (Å²) in [7, 11) is 0. The van der Waals surface area contributed by atoms with Gasteiger partial charge in [-0.15, -0.1) is 0 Å². The Balaban J connectivity index is 2.27. The summed E-state index contributed by atoms with van der Waals surface area (Å²) < 4.78 is 2.27. The molecule has 2 rings (SSSR count). The first kappa shape index (κ1) is 15.8. The van der Waals surface area contributed by atoms with Crippen LogP contribution < -0.4 is 5.32 Å². The van der Waals surface area contributed by atoms with E-state index in [0.717, 1.165) is 31.8 Å². The van der Waals surface area contributed by atoms with Crippen molar-refractivity contribution in [2.45, 2.75) is 53.1 Å². The van der Waals surface area contributed by atoms with Crippen molar-refractivity contribution in [3.8, 4) is 0 Å². The Morgan fingerprint density at radius 2 is 2.05 bits per heavy atom. The molecule has 0 aliphatic carbocycles. The van der Waals surface area contributed by atoms with Crippen LogP contribution in [-0.2, 0) is 13.0 Å². The van der Waals surface area contributed by atoms with Gasteiger partial charge < -0.3 is 9.88 Å². The maximum absolute atomic E-state index is 4.44. The maximum Gasteiger partial charge on any atom is 0.108 e. The van der Waals surface area contributed by atoms with Crippen LogP contribution >= 0.6 is 0 Å². The number of benzene rings is 1. The fourth-order valence-corrected chi connectivity index (χ4v) is 2.74. The van der Waals surface area contributed by atoms with Crippen molar-refractivity contribution in [2.75, 3.05) is 6.54 Å². The Morgan fingerprint density at radius 3 is 2.76 bits per heavy atom. The van der Waals surface area contributed by atoms with E-state index in [0.29, 0.717) is 6.04 Å². The van der Waals surface area contributed by atoms with E-state index in [4.69, 9.17) is 0 Å². The number of hydrogen-bond acceptors (Lipinski definition) is 2. The van der Waals surface area contributed by atoms with Crippen LogP contribution in [0.1, 0.15) is 48.8 Å². The third kappa shape index (κ3) is 3.94. The van der Waals surface area contributed by atoms with E-state index in [9.17, 15) is 0 Å². The Kier molecular flexibility index (Phi) is 5.57. The Hall–Kier alpha value is -1.61. The fraction of sp³-hybridized carbons (Fsp3) is 0.500. The van der Waals surface area contributed by atoms with Gasteiger partial charge in [-0.25, -0.2) is 4.98 Å². The van der Waals surface area contributed by atoms with E-state index in [-0.39, 0.29) is 0 Å². The van der Waals surface area contributed by atoms with Crippen molar-refractivity contribution >= 4 is 0 Å². The summed E-state index contributed by atoms with van der Waals surface area (Å²) in [6.07, 6.45) is 6.11. The summed E-state index contributed by atoms with van der Waals surface area (Å²) >= 11 is 0. The molecule has 0 spiro atoms. The van der Waals surface area contributed by atoms with Crippen LogP contribution in [0.5, 0.6) is 0 Å². The SMILES string of the molecule is CCCNC(Cn1ccnc1CC)c1cc(C)ccc1C. The normalized spacial score (nSPS) is 12.6. The number of nitrogens with one attached hydrogen (secondary N) is 1. The highest BCUT2D eigenvalue weighted by Gasteiger charge is 2.15. The van der Waals surface area contributed by atoms with Crippen molar-refractivity contribution in [3.05, 3.63) is 53.1 Å². The monoisotopic (exact) mass is 285 g/mol. The van der Waals surface area contributed by atoms with E-state index >= 15 is 0 Å². The van der Waals surface area contributed by atoms with E-state index in [1.54, 1.807) is 0 Å². The summed E-state index contributed by atoms with van der Waals surface area (Å²) in [5, 5.41) is 3.69. The molecule has 0 bridgehead atoms. The topological polar surface area (TPSA) is 29.9 Å². The number of nitrogens with zero attached hydrogens (tertiary/aromatic N) is 2. The summed E-state index contributed by atoms with van der Waals surface area (Å²) in [5.41, 5.74) is 4.08. The second-order valence-corrected chi connectivity index (χ2v) is 5.72. The van der Waals surface area contributed by atoms with Gasteiger partial charge in [0.15, 0.2) is 0 Å². The van der Waals surface area contributed by atoms with Crippen LogP contribution in [-0.4, -0.2) is 16.1 Å². The zero-order valence-corrected chi connectivity index (χ0v) is 13.7. The summed E-state index contributed by atoms with van der Waals surface area (Å²) in [5.74, 6) is 1.16. The summed E-state index contributed by atoms with van der Waals surface area (Å²) in [4.78, 5) is 4.44. The number of hydrogen-bond donors (Lipinski definition) is 1. The second kappa shape index (κ2) is 7.41. The molecule has 1 atom stereocenters. The molecule has 0 aliphatic rings. The van der Waals surface area contributed by atoms with Gasteiger partial charge in [-0.1, -0.05) is 37.6 Å². The number of rotatable bonds is 7. The lowest BCUT2D eigenvalue weighted by molar-refractivity contribution is 0.453. The molecule has 2 aromatic rings. The highest BCUT2D eigenvalue weighted by atomic mass is 15.1. The van der Waals surface area contributed by atoms with Gasteiger partial charge >= 0.3 is 0 Å². The molecular formula is C18H27N3. The first-order valence-corrected chi connectivity index (χ1v) is 7.96. The Morgan fingerprint density at radius 1 is 1.24 bits per heavy atom. The molecule has 1 aromatic carbocycles. The molecule has 21 heavy (non-hydrogen) atoms. The fourth-order valence-electron chi connectivity index (χ4n) is 2.74. The Bertz CT molecular complexity index is 572. The lowest BCUT2D eigenvalue weighted by Crippen LogP contribution is -2.27. The van der Waals surface area contributed by atoms with Crippen LogP contribution in [0.15, 0.2) is 30.6 Å². The molecule has 1 heterocycles. The zero-order chi connectivity index (χ0) is 15.2. The molecule has 0 saturated carbocycles. The molecule has 1 aromatic heterocycles. The Labute approximate surface area is 128 Å². The van der Waals surface area contributed by atoms with Gasteiger partial charge in [0.25, 0.3) is 0 Å². The summed E-state index contributed by atoms with van der Waals surface area (Å²) in [6, 6.07) is 7.06. The highest BCUT2D eigenvalue weighted by molar-refractivity contribution is 5.33. The molecular weight excluding hydrogens is 258 g/mol. The number of imidazole rings is 1. The van der Waals surface area contributed by atoms with E-state index in [1.807, 2.05) is 6.20 Å². The quantitative estimate of drug-likeness (QED) is 0.838. The largest absolute Gasteiger partial charge is 0.333 e. The van der Waals surface area contributed by atoms with Crippen molar-refractivity contribution in [1.82, 2.24) is 14.9 Å². The predicted molar refractivity (Wildman–Crippen MR) is 88.6 cm³/mol. The van der Waals surface area contributed by atoms with Crippen LogP contribution in [0, 0.1) is 13.8 Å². The van der Waals surface area contributed by atoms with Gasteiger partial charge in [0.05, 0.1) is 6.04 Å². The van der Waals surface area contributed by atoms with Crippen molar-refractivity contribution < 1.29 is 0 Å². The molecule has 114 valence electrons. The molecule has 0 amide bonds. The molecule has 1 unspecified atom stereocenters. The first-order valence-electron chi connectivity index (χ1n) is 7.96. The van der Waals surface area contributed by atoms with Crippen molar-refractivity contribution in [1.29, 1.82) is 0 Å². The minimum Gasteiger partial charge on any atom is -0.333 e. The minimum absolute atomic E-state index is 0.337. The van der Waals surface area contributed by atoms with Gasteiger partial charge in [0, 0.05) is 25.4 Å². The van der Waals surface area contributed by atoms with Crippen LogP contribution in [0.4, 0.5) is 0 Å². The third-order valence-corrected chi connectivity index (χ3v) is 3.95. The average Bonchev–Trinajstić information content (AvgIpc) is 2.93. The van der Waals surface area contributed by atoms with Gasteiger partial charge in [-0.3, -0.25) is 0 Å².